The molecule has 1 saturated heterocycles. The molecule has 1 aliphatic heterocycles. The van der Waals surface area contributed by atoms with Crippen molar-refractivity contribution < 1.29 is 9.31 Å². The van der Waals surface area contributed by atoms with Crippen LogP contribution in [0.5, 0.6) is 0 Å². The highest BCUT2D eigenvalue weighted by Crippen LogP contribution is 2.73. The highest BCUT2D eigenvalue weighted by Gasteiger charge is 2.67. The Bertz CT molecular complexity index is 665. The maximum absolute atomic E-state index is 6.62. The molecule has 1 aromatic rings. The van der Waals surface area contributed by atoms with Gasteiger partial charge in [-0.2, -0.15) is 0 Å². The predicted octanol–water partition coefficient (Wildman–Crippen LogP) is 3.78. The van der Waals surface area contributed by atoms with E-state index in [0.29, 0.717) is 5.41 Å². The van der Waals surface area contributed by atoms with E-state index in [4.69, 9.17) is 25.9 Å². The van der Waals surface area contributed by atoms with Crippen molar-refractivity contribution in [1.29, 1.82) is 0 Å². The van der Waals surface area contributed by atoms with Gasteiger partial charge in [0.1, 0.15) is 0 Å². The monoisotopic (exact) mass is 333 g/mol. The summed E-state index contributed by atoms with van der Waals surface area (Å²) in [4.78, 5) is 4.88. The molecule has 3 nitrogen and oxygen atoms in total. The van der Waals surface area contributed by atoms with E-state index in [1.807, 2.05) is 13.0 Å². The van der Waals surface area contributed by atoms with Crippen molar-refractivity contribution in [3.63, 3.8) is 0 Å². The fourth-order valence-corrected chi connectivity index (χ4v) is 5.08. The molecular weight excluding hydrogens is 308 g/mol. The summed E-state index contributed by atoms with van der Waals surface area (Å²) in [6.07, 6.45) is 3.67. The Hall–Kier alpha value is -0.575. The van der Waals surface area contributed by atoms with Gasteiger partial charge in [0.05, 0.1) is 21.9 Å². The van der Waals surface area contributed by atoms with E-state index in [-0.39, 0.29) is 16.6 Å². The highest BCUT2D eigenvalue weighted by molar-refractivity contribution is 6.62. The summed E-state index contributed by atoms with van der Waals surface area (Å²) in [5, 5.41) is 0.766. The summed E-state index contributed by atoms with van der Waals surface area (Å²) < 4.78 is 12.3. The van der Waals surface area contributed by atoms with Gasteiger partial charge in [-0.05, 0) is 65.4 Å². The Morgan fingerprint density at radius 3 is 2.04 bits per heavy atom. The molecule has 3 saturated carbocycles. The topological polar surface area (TPSA) is 31.4 Å². The number of pyridine rings is 1. The summed E-state index contributed by atoms with van der Waals surface area (Å²) in [5.74, 6) is 0. The third-order valence-electron chi connectivity index (χ3n) is 6.51. The average Bonchev–Trinajstić information content (AvgIpc) is 2.56. The van der Waals surface area contributed by atoms with Gasteiger partial charge in [-0.1, -0.05) is 18.5 Å². The highest BCUT2D eigenvalue weighted by atomic mass is 35.5. The summed E-state index contributed by atoms with van der Waals surface area (Å²) in [5.41, 5.74) is 3.10. The molecule has 4 fully saturated rings. The number of nitrogens with zero attached hydrogens (tertiary/aromatic N) is 1. The van der Waals surface area contributed by atoms with Crippen LogP contribution >= 0.6 is 11.6 Å². The lowest BCUT2D eigenvalue weighted by Gasteiger charge is -2.69. The van der Waals surface area contributed by atoms with E-state index >= 15 is 0 Å². The van der Waals surface area contributed by atoms with E-state index in [9.17, 15) is 0 Å². The van der Waals surface area contributed by atoms with E-state index in [2.05, 4.69) is 34.6 Å². The Kier molecular flexibility index (Phi) is 3.00. The van der Waals surface area contributed by atoms with Gasteiger partial charge >= 0.3 is 7.12 Å². The van der Waals surface area contributed by atoms with Crippen LogP contribution in [0.1, 0.15) is 65.3 Å². The third-order valence-corrected chi connectivity index (χ3v) is 6.80. The van der Waals surface area contributed by atoms with Gasteiger partial charge in [-0.15, -0.1) is 0 Å². The van der Waals surface area contributed by atoms with Crippen LogP contribution < -0.4 is 5.46 Å². The SMILES string of the molecule is Cc1nc(C23CC(C)(C2)C3)c(Cl)cc1B1OC(C)(C)C(C)(C)O1. The Morgan fingerprint density at radius 1 is 1.04 bits per heavy atom. The molecule has 0 spiro atoms. The van der Waals surface area contributed by atoms with Crippen molar-refractivity contribution in [3.05, 3.63) is 22.5 Å². The van der Waals surface area contributed by atoms with Gasteiger partial charge in [0.25, 0.3) is 0 Å². The molecule has 0 atom stereocenters. The van der Waals surface area contributed by atoms with E-state index in [0.717, 1.165) is 21.9 Å². The zero-order valence-corrected chi connectivity index (χ0v) is 15.7. The van der Waals surface area contributed by atoms with Crippen molar-refractivity contribution in [1.82, 2.24) is 4.98 Å². The molecular formula is C18H25BClNO2. The van der Waals surface area contributed by atoms with E-state index < -0.39 is 7.12 Å². The van der Waals surface area contributed by atoms with Crippen LogP contribution in [0.25, 0.3) is 0 Å². The molecule has 3 aliphatic carbocycles. The minimum atomic E-state index is -0.399. The number of hydrogen-bond acceptors (Lipinski definition) is 3. The Morgan fingerprint density at radius 2 is 1.57 bits per heavy atom. The second-order valence-electron chi connectivity index (χ2n) is 9.20. The molecule has 5 heteroatoms. The molecule has 2 bridgehead atoms. The normalized spacial score (nSPS) is 36.6. The van der Waals surface area contributed by atoms with Gasteiger partial charge in [-0.3, -0.25) is 4.98 Å². The quantitative estimate of drug-likeness (QED) is 0.772. The molecule has 5 rings (SSSR count). The first kappa shape index (κ1) is 15.9. The molecule has 0 N–H and O–H groups in total. The first-order chi connectivity index (χ1) is 10.5. The predicted molar refractivity (Wildman–Crippen MR) is 93.3 cm³/mol. The zero-order chi connectivity index (χ0) is 16.8. The van der Waals surface area contributed by atoms with Crippen LogP contribution in [0.4, 0.5) is 0 Å². The summed E-state index contributed by atoms with van der Waals surface area (Å²) in [7, 11) is -0.399. The molecule has 23 heavy (non-hydrogen) atoms. The average molecular weight is 334 g/mol. The molecule has 1 aromatic heterocycles. The molecule has 124 valence electrons. The van der Waals surface area contributed by atoms with Crippen molar-refractivity contribution in [2.75, 3.05) is 0 Å². The first-order valence-electron chi connectivity index (χ1n) is 8.50. The fraction of sp³-hybridized carbons (Fsp3) is 0.722. The second-order valence-corrected chi connectivity index (χ2v) is 9.61. The lowest BCUT2D eigenvalue weighted by atomic mass is 9.35. The molecule has 2 heterocycles. The summed E-state index contributed by atoms with van der Waals surface area (Å²) >= 11 is 6.62. The third kappa shape index (κ3) is 2.07. The van der Waals surface area contributed by atoms with Crippen LogP contribution in [0.3, 0.4) is 0 Å². The minimum Gasteiger partial charge on any atom is -0.399 e. The molecule has 0 aromatic carbocycles. The Labute approximate surface area is 144 Å². The van der Waals surface area contributed by atoms with Gasteiger partial charge in [-0.25, -0.2) is 0 Å². The summed E-state index contributed by atoms with van der Waals surface area (Å²) in [6.45, 7) is 12.6. The van der Waals surface area contributed by atoms with Crippen LogP contribution in [0.2, 0.25) is 5.02 Å². The standard InChI is InChI=1S/C18H25BClNO2/c1-11-12(19-22-15(2,3)16(4,5)23-19)7-13(20)14(21-11)18-8-17(6,9-18)10-18/h7H,8-10H2,1-6H3. The van der Waals surface area contributed by atoms with Gasteiger partial charge in [0.15, 0.2) is 0 Å². The first-order valence-corrected chi connectivity index (χ1v) is 8.88. The largest absolute Gasteiger partial charge is 0.496 e. The van der Waals surface area contributed by atoms with Gasteiger partial charge < -0.3 is 9.31 Å². The number of rotatable bonds is 2. The molecule has 4 aliphatic rings. The zero-order valence-electron chi connectivity index (χ0n) is 14.9. The maximum atomic E-state index is 6.62. The number of aryl methyl sites for hydroxylation is 1. The number of aromatic nitrogens is 1. The molecule has 0 amide bonds. The van der Waals surface area contributed by atoms with Crippen LogP contribution in [0, 0.1) is 12.3 Å². The van der Waals surface area contributed by atoms with Crippen LogP contribution in [-0.2, 0) is 14.7 Å². The number of hydrogen-bond donors (Lipinski definition) is 0. The van der Waals surface area contributed by atoms with Crippen molar-refractivity contribution in [2.45, 2.75) is 77.4 Å². The van der Waals surface area contributed by atoms with E-state index in [1.165, 1.54) is 19.3 Å². The fourth-order valence-electron chi connectivity index (χ4n) is 4.72. The Balaban J connectivity index is 1.66. The van der Waals surface area contributed by atoms with Crippen molar-refractivity contribution >= 4 is 24.2 Å². The second kappa shape index (κ2) is 4.33. The van der Waals surface area contributed by atoms with Gasteiger partial charge in [0, 0.05) is 16.6 Å². The molecule has 0 radical (unpaired) electrons. The van der Waals surface area contributed by atoms with Gasteiger partial charge in [0.2, 0.25) is 0 Å². The lowest BCUT2D eigenvalue weighted by molar-refractivity contribution is -0.128. The minimum absolute atomic E-state index is 0.241. The molecule has 0 unspecified atom stereocenters. The smallest absolute Gasteiger partial charge is 0.399 e. The van der Waals surface area contributed by atoms with E-state index in [1.54, 1.807) is 0 Å². The number of halogens is 1. The van der Waals surface area contributed by atoms with Crippen molar-refractivity contribution in [3.8, 4) is 0 Å². The summed E-state index contributed by atoms with van der Waals surface area (Å²) in [6, 6.07) is 2.02. The lowest BCUT2D eigenvalue weighted by Crippen LogP contribution is -2.63. The maximum Gasteiger partial charge on any atom is 0.496 e. The van der Waals surface area contributed by atoms with Crippen molar-refractivity contribution in [2.24, 2.45) is 5.41 Å². The van der Waals surface area contributed by atoms with Crippen LogP contribution in [0.15, 0.2) is 6.07 Å². The van der Waals surface area contributed by atoms with Crippen LogP contribution in [-0.4, -0.2) is 23.3 Å².